The zero-order valence-electron chi connectivity index (χ0n) is 37.1. The quantitative estimate of drug-likeness (QED) is 0.173. The van der Waals surface area contributed by atoms with Gasteiger partial charge in [-0.25, -0.2) is 4.98 Å². The molecule has 320 valence electrons. The van der Waals surface area contributed by atoms with Gasteiger partial charge in [0.1, 0.15) is 0 Å². The summed E-state index contributed by atoms with van der Waals surface area (Å²) in [6, 6.07) is 82.7. The van der Waals surface area contributed by atoms with E-state index in [1.54, 1.807) is 0 Å². The highest BCUT2D eigenvalue weighted by molar-refractivity contribution is 6.29. The lowest BCUT2D eigenvalue weighted by Crippen LogP contribution is -2.07. The SMILES string of the molecule is c1ccc2c(-c3nc(-c4cccc5ccccc45)nc(-n4c5ccccc5c5c(-n6c7ccccc7c7c8c9ccccc9n(-c9cccc%10ccccc9%10)c8ccc76)cccc54)n3)cccc2c1. The van der Waals surface area contributed by atoms with E-state index in [0.29, 0.717) is 17.6 Å². The van der Waals surface area contributed by atoms with Crippen LogP contribution in [0.2, 0.25) is 0 Å². The van der Waals surface area contributed by atoms with Gasteiger partial charge in [0.15, 0.2) is 11.6 Å². The van der Waals surface area contributed by atoms with Crippen molar-refractivity contribution in [2.75, 3.05) is 0 Å². The van der Waals surface area contributed by atoms with Crippen molar-refractivity contribution in [1.29, 1.82) is 0 Å². The lowest BCUT2D eigenvalue weighted by Gasteiger charge is -2.14. The lowest BCUT2D eigenvalue weighted by molar-refractivity contribution is 0.955. The van der Waals surface area contributed by atoms with Gasteiger partial charge in [-0.05, 0) is 75.5 Å². The molecular formula is C63H38N6. The summed E-state index contributed by atoms with van der Waals surface area (Å²) in [7, 11) is 0. The van der Waals surface area contributed by atoms with E-state index in [4.69, 9.17) is 15.0 Å². The van der Waals surface area contributed by atoms with Gasteiger partial charge < -0.3 is 9.13 Å². The molecule has 0 amide bonds. The van der Waals surface area contributed by atoms with Crippen molar-refractivity contribution >= 4 is 97.7 Å². The number of rotatable bonds is 5. The molecule has 15 aromatic rings. The van der Waals surface area contributed by atoms with Gasteiger partial charge in [0.25, 0.3) is 0 Å². The molecule has 0 fully saturated rings. The van der Waals surface area contributed by atoms with Crippen LogP contribution in [0.15, 0.2) is 231 Å². The van der Waals surface area contributed by atoms with Crippen molar-refractivity contribution in [3.8, 4) is 40.1 Å². The van der Waals surface area contributed by atoms with Crippen LogP contribution in [0.4, 0.5) is 0 Å². The van der Waals surface area contributed by atoms with Crippen molar-refractivity contribution in [3.63, 3.8) is 0 Å². The molecular weight excluding hydrogens is 841 g/mol. The Kier molecular flexibility index (Phi) is 7.97. The summed E-state index contributed by atoms with van der Waals surface area (Å²) < 4.78 is 7.17. The summed E-state index contributed by atoms with van der Waals surface area (Å²) in [5.74, 6) is 1.80. The molecule has 0 unspecified atom stereocenters. The average Bonchev–Trinajstić information content (AvgIpc) is 4.06. The largest absolute Gasteiger partial charge is 0.309 e. The Hall–Kier alpha value is -9.39. The second-order valence-electron chi connectivity index (χ2n) is 17.9. The van der Waals surface area contributed by atoms with E-state index >= 15 is 0 Å². The van der Waals surface area contributed by atoms with E-state index in [0.717, 1.165) is 71.2 Å². The summed E-state index contributed by atoms with van der Waals surface area (Å²) >= 11 is 0. The molecule has 6 heteroatoms. The molecule has 0 spiro atoms. The molecule has 0 aliphatic heterocycles. The van der Waals surface area contributed by atoms with E-state index in [-0.39, 0.29) is 0 Å². The maximum absolute atomic E-state index is 5.44. The van der Waals surface area contributed by atoms with Crippen LogP contribution >= 0.6 is 0 Å². The van der Waals surface area contributed by atoms with E-state index in [1.165, 1.54) is 49.0 Å². The summed E-state index contributed by atoms with van der Waals surface area (Å²) in [6.45, 7) is 0. The van der Waals surface area contributed by atoms with Gasteiger partial charge in [-0.15, -0.1) is 0 Å². The van der Waals surface area contributed by atoms with Crippen LogP contribution in [-0.4, -0.2) is 28.7 Å². The second kappa shape index (κ2) is 14.6. The molecule has 69 heavy (non-hydrogen) atoms. The summed E-state index contributed by atoms with van der Waals surface area (Å²) in [5.41, 5.74) is 10.8. The Morgan fingerprint density at radius 1 is 0.232 bits per heavy atom. The normalized spacial score (nSPS) is 12.1. The number of hydrogen-bond acceptors (Lipinski definition) is 3. The smallest absolute Gasteiger partial charge is 0.238 e. The molecule has 0 aliphatic rings. The predicted octanol–water partition coefficient (Wildman–Crippen LogP) is 16.0. The van der Waals surface area contributed by atoms with E-state index in [1.807, 2.05) is 0 Å². The van der Waals surface area contributed by atoms with Gasteiger partial charge in [-0.3, -0.25) is 4.57 Å². The molecule has 0 saturated carbocycles. The number of fused-ring (bicyclic) bond motifs is 13. The van der Waals surface area contributed by atoms with Gasteiger partial charge in [0, 0.05) is 48.8 Å². The fourth-order valence-electron chi connectivity index (χ4n) is 11.4. The second-order valence-corrected chi connectivity index (χ2v) is 17.9. The van der Waals surface area contributed by atoms with Crippen molar-refractivity contribution in [1.82, 2.24) is 28.7 Å². The Morgan fingerprint density at radius 3 is 1.16 bits per heavy atom. The van der Waals surface area contributed by atoms with Crippen molar-refractivity contribution in [2.45, 2.75) is 0 Å². The first-order chi connectivity index (χ1) is 34.3. The lowest BCUT2D eigenvalue weighted by atomic mass is 10.0. The van der Waals surface area contributed by atoms with Crippen LogP contribution in [-0.2, 0) is 0 Å². The zero-order valence-corrected chi connectivity index (χ0v) is 37.1. The first-order valence-corrected chi connectivity index (χ1v) is 23.5. The van der Waals surface area contributed by atoms with Crippen LogP contribution in [0.1, 0.15) is 0 Å². The summed E-state index contributed by atoms with van der Waals surface area (Å²) in [6.07, 6.45) is 0. The third-order valence-electron chi connectivity index (χ3n) is 14.3. The number of para-hydroxylation sites is 3. The van der Waals surface area contributed by atoms with Crippen LogP contribution in [0.5, 0.6) is 0 Å². The molecule has 0 bridgehead atoms. The minimum Gasteiger partial charge on any atom is -0.309 e. The van der Waals surface area contributed by atoms with Crippen molar-refractivity contribution in [2.24, 2.45) is 0 Å². The van der Waals surface area contributed by atoms with Crippen molar-refractivity contribution < 1.29 is 0 Å². The minimum atomic E-state index is 0.560. The average molecular weight is 879 g/mol. The van der Waals surface area contributed by atoms with Crippen LogP contribution < -0.4 is 0 Å². The molecule has 0 aliphatic carbocycles. The van der Waals surface area contributed by atoms with Gasteiger partial charge in [0.05, 0.1) is 44.5 Å². The van der Waals surface area contributed by atoms with Crippen LogP contribution in [0, 0.1) is 0 Å². The van der Waals surface area contributed by atoms with E-state index in [2.05, 4.69) is 244 Å². The van der Waals surface area contributed by atoms with E-state index in [9.17, 15) is 0 Å². The standard InChI is InChI=1S/C63H38N6/c1-4-23-42-39(17-1)20-13-29-45(42)61-64-62(46-30-14-21-40-18-2-5-24-43(40)46)66-63(65-61)69-53-33-12-7-26-47(53)58-54(35-16-36-55(58)69)68-52-32-11-9-28-49(52)60-57(68)38-37-56-59(60)48-27-8-10-31-51(48)67(56)50-34-15-22-41-19-3-6-25-44(41)50/h1-38H. The fraction of sp³-hybridized carbons (Fsp3) is 0. The Morgan fingerprint density at radius 2 is 0.594 bits per heavy atom. The van der Waals surface area contributed by atoms with E-state index < -0.39 is 0 Å². The van der Waals surface area contributed by atoms with Gasteiger partial charge >= 0.3 is 0 Å². The zero-order chi connectivity index (χ0) is 45.2. The van der Waals surface area contributed by atoms with Crippen LogP contribution in [0.25, 0.3) is 138 Å². The highest BCUT2D eigenvalue weighted by Crippen LogP contribution is 2.45. The van der Waals surface area contributed by atoms with Crippen LogP contribution in [0.3, 0.4) is 0 Å². The first-order valence-electron chi connectivity index (χ1n) is 23.5. The van der Waals surface area contributed by atoms with Gasteiger partial charge in [-0.2, -0.15) is 9.97 Å². The molecule has 15 rings (SSSR count). The number of hydrogen-bond donors (Lipinski definition) is 0. The third-order valence-corrected chi connectivity index (χ3v) is 14.3. The Labute approximate surface area is 395 Å². The molecule has 6 nitrogen and oxygen atoms in total. The molecule has 4 heterocycles. The topological polar surface area (TPSA) is 53.5 Å². The third kappa shape index (κ3) is 5.45. The number of nitrogens with zero attached hydrogens (tertiary/aromatic N) is 6. The molecule has 0 saturated heterocycles. The molecule has 0 radical (unpaired) electrons. The minimum absolute atomic E-state index is 0.560. The molecule has 4 aromatic heterocycles. The maximum Gasteiger partial charge on any atom is 0.238 e. The Balaban J connectivity index is 1.03. The number of aromatic nitrogens is 6. The van der Waals surface area contributed by atoms with Crippen molar-refractivity contribution in [3.05, 3.63) is 231 Å². The molecule has 11 aromatic carbocycles. The predicted molar refractivity (Wildman–Crippen MR) is 286 cm³/mol. The monoisotopic (exact) mass is 878 g/mol. The highest BCUT2D eigenvalue weighted by Gasteiger charge is 2.25. The molecule has 0 N–H and O–H groups in total. The van der Waals surface area contributed by atoms with Gasteiger partial charge in [0.2, 0.25) is 5.95 Å². The summed E-state index contributed by atoms with van der Waals surface area (Å²) in [5, 5.41) is 14.0. The Bertz CT molecular complexity index is 4510. The highest BCUT2D eigenvalue weighted by atomic mass is 15.2. The molecule has 0 atom stereocenters. The maximum atomic E-state index is 5.44. The number of benzene rings is 11. The fourth-order valence-corrected chi connectivity index (χ4v) is 11.4. The first kappa shape index (κ1) is 37.8. The van der Waals surface area contributed by atoms with Gasteiger partial charge in [-0.1, -0.05) is 182 Å². The summed E-state index contributed by atoms with van der Waals surface area (Å²) in [4.78, 5) is 16.2.